The molecule has 0 aliphatic carbocycles. The highest BCUT2D eigenvalue weighted by molar-refractivity contribution is 6.30. The van der Waals surface area contributed by atoms with Crippen molar-refractivity contribution in [3.8, 4) is 0 Å². The molecule has 1 aliphatic rings. The smallest absolute Gasteiger partial charge is 0.329 e. The number of benzene rings is 1. The Morgan fingerprint density at radius 2 is 2.09 bits per heavy atom. The highest BCUT2D eigenvalue weighted by Crippen LogP contribution is 2.12. The van der Waals surface area contributed by atoms with E-state index in [9.17, 15) is 9.59 Å². The zero-order chi connectivity index (χ0) is 16.7. The van der Waals surface area contributed by atoms with Crippen molar-refractivity contribution in [2.24, 2.45) is 0 Å². The van der Waals surface area contributed by atoms with E-state index < -0.39 is 18.7 Å². The van der Waals surface area contributed by atoms with Crippen LogP contribution in [0, 0.1) is 0 Å². The maximum absolute atomic E-state index is 12.0. The van der Waals surface area contributed by atoms with Gasteiger partial charge >= 0.3 is 12.0 Å². The first-order valence-electron chi connectivity index (χ1n) is 7.24. The summed E-state index contributed by atoms with van der Waals surface area (Å²) in [4.78, 5) is 22.6. The number of halogens is 1. The van der Waals surface area contributed by atoms with Gasteiger partial charge in [0.15, 0.2) is 0 Å². The zero-order valence-corrected chi connectivity index (χ0v) is 13.2. The fraction of sp³-hybridized carbons (Fsp3) is 0.467. The fourth-order valence-electron chi connectivity index (χ4n) is 2.22. The second kappa shape index (κ2) is 8.71. The van der Waals surface area contributed by atoms with Crippen molar-refractivity contribution >= 4 is 23.6 Å². The van der Waals surface area contributed by atoms with Gasteiger partial charge in [-0.05, 0) is 24.1 Å². The molecule has 0 radical (unpaired) electrons. The molecule has 1 heterocycles. The number of carboxylic acids is 1. The molecule has 2 rings (SSSR count). The van der Waals surface area contributed by atoms with E-state index in [2.05, 4.69) is 10.6 Å². The van der Waals surface area contributed by atoms with Gasteiger partial charge in [-0.2, -0.15) is 0 Å². The predicted molar refractivity (Wildman–Crippen MR) is 83.4 cm³/mol. The molecule has 0 bridgehead atoms. The van der Waals surface area contributed by atoms with Crippen LogP contribution in [0.4, 0.5) is 4.79 Å². The van der Waals surface area contributed by atoms with E-state index >= 15 is 0 Å². The second-order valence-electron chi connectivity index (χ2n) is 5.17. The van der Waals surface area contributed by atoms with Crippen LogP contribution in [0.1, 0.15) is 12.0 Å². The number of urea groups is 1. The molecule has 1 aromatic carbocycles. The van der Waals surface area contributed by atoms with E-state index in [1.165, 1.54) is 0 Å². The third-order valence-corrected chi connectivity index (χ3v) is 3.66. The van der Waals surface area contributed by atoms with Crippen LogP contribution in [-0.4, -0.2) is 49.1 Å². The Morgan fingerprint density at radius 1 is 1.35 bits per heavy atom. The number of carbonyl (C=O) groups excluding carboxylic acids is 1. The van der Waals surface area contributed by atoms with Gasteiger partial charge in [-0.3, -0.25) is 0 Å². The predicted octanol–water partition coefficient (Wildman–Crippen LogP) is 1.40. The Labute approximate surface area is 138 Å². The largest absolute Gasteiger partial charge is 0.480 e. The highest BCUT2D eigenvalue weighted by atomic mass is 35.5. The highest BCUT2D eigenvalue weighted by Gasteiger charge is 2.28. The minimum absolute atomic E-state index is 0.259. The van der Waals surface area contributed by atoms with Crippen LogP contribution in [-0.2, 0) is 20.8 Å². The standard InChI is InChI=1S/C15H19ClN2O5/c16-11-3-1-10(2-4-11)7-17-15(21)18-12-5-6-22-8-13(12)23-9-14(19)20/h1-4,12-13H,5-9H2,(H,19,20)(H2,17,18,21)/t12-,13-/m1/s1. The molecular formula is C15H19ClN2O5. The molecule has 1 aliphatic heterocycles. The van der Waals surface area contributed by atoms with E-state index in [0.29, 0.717) is 24.6 Å². The summed E-state index contributed by atoms with van der Waals surface area (Å²) in [6, 6.07) is 6.55. The lowest BCUT2D eigenvalue weighted by Crippen LogP contribution is -2.52. The summed E-state index contributed by atoms with van der Waals surface area (Å²) in [6.45, 7) is 0.704. The number of rotatable bonds is 6. The number of amides is 2. The van der Waals surface area contributed by atoms with Crippen molar-refractivity contribution in [2.75, 3.05) is 19.8 Å². The van der Waals surface area contributed by atoms with Crippen LogP contribution >= 0.6 is 11.6 Å². The number of hydrogen-bond acceptors (Lipinski definition) is 4. The molecular weight excluding hydrogens is 324 g/mol. The van der Waals surface area contributed by atoms with Crippen LogP contribution in [0.2, 0.25) is 5.02 Å². The lowest BCUT2D eigenvalue weighted by molar-refractivity contribution is -0.148. The molecule has 0 unspecified atom stereocenters. The molecule has 0 saturated carbocycles. The van der Waals surface area contributed by atoms with Gasteiger partial charge < -0.3 is 25.2 Å². The van der Waals surface area contributed by atoms with Gasteiger partial charge in [0.25, 0.3) is 0 Å². The summed E-state index contributed by atoms with van der Waals surface area (Å²) in [5.74, 6) is -1.05. The fourth-order valence-corrected chi connectivity index (χ4v) is 2.35. The van der Waals surface area contributed by atoms with Crippen LogP contribution in [0.3, 0.4) is 0 Å². The van der Waals surface area contributed by atoms with Crippen LogP contribution in [0.5, 0.6) is 0 Å². The molecule has 23 heavy (non-hydrogen) atoms. The SMILES string of the molecule is O=C(O)CO[C@@H]1COCC[C@H]1NC(=O)NCc1ccc(Cl)cc1. The first-order valence-corrected chi connectivity index (χ1v) is 7.62. The average molecular weight is 343 g/mol. The number of ether oxygens (including phenoxy) is 2. The van der Waals surface area contributed by atoms with Crippen molar-refractivity contribution in [3.05, 3.63) is 34.9 Å². The van der Waals surface area contributed by atoms with E-state index in [1.807, 2.05) is 12.1 Å². The van der Waals surface area contributed by atoms with Gasteiger partial charge in [0, 0.05) is 18.2 Å². The molecule has 8 heteroatoms. The Kier molecular flexibility index (Phi) is 6.64. The van der Waals surface area contributed by atoms with Crippen molar-refractivity contribution in [3.63, 3.8) is 0 Å². The molecule has 1 saturated heterocycles. The topological polar surface area (TPSA) is 96.9 Å². The molecule has 2 atom stereocenters. The van der Waals surface area contributed by atoms with E-state index in [1.54, 1.807) is 12.1 Å². The van der Waals surface area contributed by atoms with Gasteiger partial charge in [0.05, 0.1) is 12.6 Å². The Balaban J connectivity index is 1.79. The number of aliphatic carboxylic acids is 1. The van der Waals surface area contributed by atoms with Crippen LogP contribution in [0.25, 0.3) is 0 Å². The average Bonchev–Trinajstić information content (AvgIpc) is 2.53. The van der Waals surface area contributed by atoms with Crippen molar-refractivity contribution in [1.29, 1.82) is 0 Å². The first-order chi connectivity index (χ1) is 11.0. The number of carboxylic acid groups (broad SMARTS) is 1. The molecule has 0 aromatic heterocycles. The maximum atomic E-state index is 12.0. The van der Waals surface area contributed by atoms with E-state index in [4.69, 9.17) is 26.2 Å². The van der Waals surface area contributed by atoms with Gasteiger partial charge in [-0.1, -0.05) is 23.7 Å². The minimum Gasteiger partial charge on any atom is -0.480 e. The van der Waals surface area contributed by atoms with Crippen molar-refractivity contribution < 1.29 is 24.2 Å². The summed E-state index contributed by atoms with van der Waals surface area (Å²) in [7, 11) is 0. The van der Waals surface area contributed by atoms with E-state index in [0.717, 1.165) is 5.56 Å². The summed E-state index contributed by atoms with van der Waals surface area (Å²) in [5, 5.41) is 14.9. The van der Waals surface area contributed by atoms with Crippen molar-refractivity contribution in [1.82, 2.24) is 10.6 Å². The summed E-state index contributed by atoms with van der Waals surface area (Å²) in [5.41, 5.74) is 0.926. The molecule has 1 aromatic rings. The van der Waals surface area contributed by atoms with Crippen LogP contribution < -0.4 is 10.6 Å². The molecule has 7 nitrogen and oxygen atoms in total. The third kappa shape index (κ3) is 6.05. The molecule has 126 valence electrons. The lowest BCUT2D eigenvalue weighted by Gasteiger charge is -2.31. The number of nitrogens with one attached hydrogen (secondary N) is 2. The van der Waals surface area contributed by atoms with Crippen LogP contribution in [0.15, 0.2) is 24.3 Å². The molecule has 0 spiro atoms. The van der Waals surface area contributed by atoms with Crippen molar-refractivity contribution in [2.45, 2.75) is 25.1 Å². The minimum atomic E-state index is -1.05. The van der Waals surface area contributed by atoms with Gasteiger partial charge in [-0.15, -0.1) is 0 Å². The monoisotopic (exact) mass is 342 g/mol. The first kappa shape index (κ1) is 17.5. The molecule has 2 amide bonds. The number of hydrogen-bond donors (Lipinski definition) is 3. The maximum Gasteiger partial charge on any atom is 0.329 e. The summed E-state index contributed by atoms with van der Waals surface area (Å²) >= 11 is 5.80. The quantitative estimate of drug-likeness (QED) is 0.726. The Morgan fingerprint density at radius 3 is 2.78 bits per heavy atom. The normalized spacial score (nSPS) is 20.7. The van der Waals surface area contributed by atoms with Gasteiger partial charge in [0.2, 0.25) is 0 Å². The lowest BCUT2D eigenvalue weighted by atomic mass is 10.1. The summed E-state index contributed by atoms with van der Waals surface area (Å²) in [6.07, 6.45) is 0.0969. The van der Waals surface area contributed by atoms with E-state index in [-0.39, 0.29) is 18.7 Å². The molecule has 3 N–H and O–H groups in total. The second-order valence-corrected chi connectivity index (χ2v) is 5.60. The zero-order valence-electron chi connectivity index (χ0n) is 12.5. The Bertz CT molecular complexity index is 537. The third-order valence-electron chi connectivity index (χ3n) is 3.41. The van der Waals surface area contributed by atoms with Gasteiger partial charge in [0.1, 0.15) is 12.7 Å². The summed E-state index contributed by atoms with van der Waals surface area (Å²) < 4.78 is 10.5. The van der Waals surface area contributed by atoms with Gasteiger partial charge in [-0.25, -0.2) is 9.59 Å². The molecule has 1 fully saturated rings. The number of carbonyl (C=O) groups is 2. The Hall–Kier alpha value is -1.83.